The minimum atomic E-state index is -0.493. The van der Waals surface area contributed by atoms with Crippen molar-refractivity contribution >= 4 is 23.0 Å². The third kappa shape index (κ3) is 4.11. The standard InChI is InChI=1S/C24H28N6O3/c1-27(19-12-11-18(33-19)16-29-13-7-4-8-14-29)23-25-21-20(22(31)26-24(32)28(21)2)30(23)15-17-9-5-3-6-10-17/h3,5-6,9-12H,4,7-8,13-16H2,1-2H3,(H,26,31,32). The van der Waals surface area contributed by atoms with Crippen molar-refractivity contribution in [3.8, 4) is 0 Å². The van der Waals surface area contributed by atoms with Crippen molar-refractivity contribution in [1.82, 2.24) is 24.0 Å². The lowest BCUT2D eigenvalue weighted by Crippen LogP contribution is -2.29. The summed E-state index contributed by atoms with van der Waals surface area (Å²) < 4.78 is 9.35. The molecule has 0 saturated carbocycles. The summed E-state index contributed by atoms with van der Waals surface area (Å²) in [5.41, 5.74) is 0.753. The molecule has 0 spiro atoms. The van der Waals surface area contributed by atoms with Crippen molar-refractivity contribution in [2.45, 2.75) is 32.4 Å². The zero-order chi connectivity index (χ0) is 22.9. The molecular formula is C24H28N6O3. The maximum absolute atomic E-state index is 12.8. The second-order valence-electron chi connectivity index (χ2n) is 8.61. The summed E-state index contributed by atoms with van der Waals surface area (Å²) in [6.07, 6.45) is 3.75. The molecule has 1 aromatic carbocycles. The average Bonchev–Trinajstić information content (AvgIpc) is 3.44. The first kappa shape index (κ1) is 21.3. The molecule has 4 heterocycles. The van der Waals surface area contributed by atoms with Crippen LogP contribution in [0.25, 0.3) is 11.2 Å². The van der Waals surface area contributed by atoms with Gasteiger partial charge in [-0.3, -0.25) is 28.7 Å². The lowest BCUT2D eigenvalue weighted by molar-refractivity contribution is 0.205. The van der Waals surface area contributed by atoms with E-state index in [0.717, 1.165) is 31.0 Å². The molecule has 1 N–H and O–H groups in total. The lowest BCUT2D eigenvalue weighted by atomic mass is 10.1. The highest BCUT2D eigenvalue weighted by atomic mass is 16.4. The number of fused-ring (bicyclic) bond motifs is 1. The molecule has 5 rings (SSSR count). The Labute approximate surface area is 190 Å². The zero-order valence-corrected chi connectivity index (χ0v) is 19.0. The topological polar surface area (TPSA) is 92.3 Å². The lowest BCUT2D eigenvalue weighted by Gasteiger charge is -2.25. The number of nitrogens with one attached hydrogen (secondary N) is 1. The number of hydrogen-bond donors (Lipinski definition) is 1. The summed E-state index contributed by atoms with van der Waals surface area (Å²) in [6.45, 7) is 3.40. The Morgan fingerprint density at radius 3 is 2.55 bits per heavy atom. The number of hydrogen-bond acceptors (Lipinski definition) is 6. The van der Waals surface area contributed by atoms with Gasteiger partial charge in [-0.25, -0.2) is 4.79 Å². The Kier molecular flexibility index (Phi) is 5.63. The maximum atomic E-state index is 12.8. The van der Waals surface area contributed by atoms with E-state index in [9.17, 15) is 9.59 Å². The van der Waals surface area contributed by atoms with E-state index in [1.807, 2.05) is 59.0 Å². The number of rotatable bonds is 6. The van der Waals surface area contributed by atoms with Crippen LogP contribution in [0.2, 0.25) is 0 Å². The molecule has 9 heteroatoms. The summed E-state index contributed by atoms with van der Waals surface area (Å²) in [5.74, 6) is 2.06. The zero-order valence-electron chi connectivity index (χ0n) is 19.0. The molecule has 172 valence electrons. The quantitative estimate of drug-likeness (QED) is 0.488. The first-order valence-corrected chi connectivity index (χ1v) is 11.3. The van der Waals surface area contributed by atoms with Gasteiger partial charge in [0.05, 0.1) is 13.1 Å². The number of imidazole rings is 1. The molecule has 3 aromatic heterocycles. The molecule has 0 bridgehead atoms. The number of piperidine rings is 1. The summed E-state index contributed by atoms with van der Waals surface area (Å²) >= 11 is 0. The van der Waals surface area contributed by atoms with Crippen LogP contribution in [0.3, 0.4) is 0 Å². The van der Waals surface area contributed by atoms with E-state index >= 15 is 0 Å². The molecular weight excluding hydrogens is 420 g/mol. The Bertz CT molecular complexity index is 1370. The second-order valence-corrected chi connectivity index (χ2v) is 8.61. The summed E-state index contributed by atoms with van der Waals surface area (Å²) in [5, 5.41) is 0. The minimum absolute atomic E-state index is 0.335. The van der Waals surface area contributed by atoms with Crippen LogP contribution in [-0.2, 0) is 20.1 Å². The van der Waals surface area contributed by atoms with Gasteiger partial charge in [0.1, 0.15) is 5.76 Å². The molecule has 0 aliphatic carbocycles. The Morgan fingerprint density at radius 2 is 1.79 bits per heavy atom. The Morgan fingerprint density at radius 1 is 1.03 bits per heavy atom. The van der Waals surface area contributed by atoms with Crippen LogP contribution in [0, 0.1) is 0 Å². The first-order valence-electron chi connectivity index (χ1n) is 11.3. The molecule has 1 aliphatic rings. The normalized spacial score (nSPS) is 14.7. The summed E-state index contributed by atoms with van der Waals surface area (Å²) in [6, 6.07) is 13.8. The number of aromatic amines is 1. The van der Waals surface area contributed by atoms with E-state index in [2.05, 4.69) is 9.88 Å². The van der Waals surface area contributed by atoms with E-state index in [1.54, 1.807) is 7.05 Å². The minimum Gasteiger partial charge on any atom is -0.444 e. The predicted octanol–water partition coefficient (Wildman–Crippen LogP) is 2.82. The highest BCUT2D eigenvalue weighted by Gasteiger charge is 2.23. The van der Waals surface area contributed by atoms with Crippen molar-refractivity contribution < 1.29 is 4.42 Å². The number of H-pyrrole nitrogens is 1. The molecule has 0 unspecified atom stereocenters. The van der Waals surface area contributed by atoms with E-state index in [4.69, 9.17) is 9.40 Å². The van der Waals surface area contributed by atoms with Gasteiger partial charge in [0.25, 0.3) is 5.56 Å². The van der Waals surface area contributed by atoms with E-state index in [1.165, 1.54) is 23.8 Å². The van der Waals surface area contributed by atoms with E-state index < -0.39 is 11.2 Å². The highest BCUT2D eigenvalue weighted by molar-refractivity contribution is 5.75. The fourth-order valence-corrected chi connectivity index (χ4v) is 4.46. The van der Waals surface area contributed by atoms with Gasteiger partial charge in [0.15, 0.2) is 11.2 Å². The SMILES string of the molecule is CN(c1ccc(CN2CCCCC2)o1)c1nc2c(c(=O)[nH]c(=O)n2C)n1Cc1ccccc1. The molecule has 33 heavy (non-hydrogen) atoms. The fourth-order valence-electron chi connectivity index (χ4n) is 4.46. The molecule has 1 fully saturated rings. The number of benzene rings is 1. The highest BCUT2D eigenvalue weighted by Crippen LogP contribution is 2.28. The van der Waals surface area contributed by atoms with E-state index in [-0.39, 0.29) is 0 Å². The Balaban J connectivity index is 1.55. The molecule has 0 atom stereocenters. The van der Waals surface area contributed by atoms with Crippen LogP contribution < -0.4 is 16.1 Å². The predicted molar refractivity (Wildman–Crippen MR) is 127 cm³/mol. The smallest absolute Gasteiger partial charge is 0.329 e. The van der Waals surface area contributed by atoms with Crippen LogP contribution in [-0.4, -0.2) is 44.1 Å². The van der Waals surface area contributed by atoms with Crippen molar-refractivity contribution in [3.05, 3.63) is 74.6 Å². The maximum Gasteiger partial charge on any atom is 0.329 e. The van der Waals surface area contributed by atoms with Gasteiger partial charge in [0, 0.05) is 20.2 Å². The number of likely N-dealkylation sites (tertiary alicyclic amines) is 1. The van der Waals surface area contributed by atoms with Crippen LogP contribution in [0.5, 0.6) is 0 Å². The van der Waals surface area contributed by atoms with Gasteiger partial charge >= 0.3 is 5.69 Å². The molecule has 1 aliphatic heterocycles. The fraction of sp³-hybridized carbons (Fsp3) is 0.375. The molecule has 9 nitrogen and oxygen atoms in total. The van der Waals surface area contributed by atoms with Crippen LogP contribution in [0.1, 0.15) is 30.6 Å². The third-order valence-electron chi connectivity index (χ3n) is 6.28. The van der Waals surface area contributed by atoms with Crippen LogP contribution >= 0.6 is 0 Å². The average molecular weight is 449 g/mol. The first-order chi connectivity index (χ1) is 16.0. The van der Waals surface area contributed by atoms with Gasteiger partial charge in [-0.1, -0.05) is 36.8 Å². The number of anilines is 2. The van der Waals surface area contributed by atoms with Gasteiger partial charge in [-0.05, 0) is 37.6 Å². The third-order valence-corrected chi connectivity index (χ3v) is 6.28. The van der Waals surface area contributed by atoms with Gasteiger partial charge in [-0.2, -0.15) is 4.98 Å². The molecule has 0 radical (unpaired) electrons. The Hall–Kier alpha value is -3.59. The number of aryl methyl sites for hydroxylation is 1. The summed E-state index contributed by atoms with van der Waals surface area (Å²) in [7, 11) is 3.46. The van der Waals surface area contributed by atoms with Crippen LogP contribution in [0.15, 0.2) is 56.5 Å². The van der Waals surface area contributed by atoms with Crippen molar-refractivity contribution in [3.63, 3.8) is 0 Å². The van der Waals surface area contributed by atoms with E-state index in [0.29, 0.717) is 29.5 Å². The van der Waals surface area contributed by atoms with Gasteiger partial charge in [0.2, 0.25) is 11.8 Å². The number of aromatic nitrogens is 4. The summed E-state index contributed by atoms with van der Waals surface area (Å²) in [4.78, 5) is 36.3. The number of nitrogens with zero attached hydrogens (tertiary/aromatic N) is 5. The number of furan rings is 1. The second kappa shape index (κ2) is 8.74. The van der Waals surface area contributed by atoms with Crippen molar-refractivity contribution in [2.24, 2.45) is 7.05 Å². The molecule has 0 amide bonds. The monoisotopic (exact) mass is 448 g/mol. The molecule has 4 aromatic rings. The largest absolute Gasteiger partial charge is 0.444 e. The molecule has 1 saturated heterocycles. The van der Waals surface area contributed by atoms with Gasteiger partial charge in [-0.15, -0.1) is 0 Å². The van der Waals surface area contributed by atoms with Crippen molar-refractivity contribution in [2.75, 3.05) is 25.0 Å². The van der Waals surface area contributed by atoms with Crippen molar-refractivity contribution in [1.29, 1.82) is 0 Å². The van der Waals surface area contributed by atoms with Crippen LogP contribution in [0.4, 0.5) is 11.8 Å². The van der Waals surface area contributed by atoms with Gasteiger partial charge < -0.3 is 4.42 Å².